The molecule has 0 aromatic heterocycles. The topological polar surface area (TPSA) is 36.9 Å². The summed E-state index contributed by atoms with van der Waals surface area (Å²) in [6, 6.07) is 30.4. The Hall–Kier alpha value is -2.76. The van der Waals surface area contributed by atoms with Gasteiger partial charge in [0.1, 0.15) is 24.4 Å². The Balaban J connectivity index is 1.43. The van der Waals surface area contributed by atoms with Gasteiger partial charge in [0.25, 0.3) is 0 Å². The monoisotopic (exact) mass is 430 g/mol. The molecule has 4 nitrogen and oxygen atoms in total. The largest absolute Gasteiger partial charge is 0.374 e. The molecule has 4 rings (SSSR count). The average molecular weight is 431 g/mol. The molecule has 0 radical (unpaired) electrons. The van der Waals surface area contributed by atoms with Crippen molar-refractivity contribution in [1.29, 1.82) is 0 Å². The maximum absolute atomic E-state index is 6.36. The van der Waals surface area contributed by atoms with Gasteiger partial charge in [0, 0.05) is 0 Å². The molecule has 3 aromatic rings. The maximum atomic E-state index is 6.36. The lowest BCUT2D eigenvalue weighted by Crippen LogP contribution is -2.38. The van der Waals surface area contributed by atoms with Crippen molar-refractivity contribution < 1.29 is 18.9 Å². The van der Waals surface area contributed by atoms with Gasteiger partial charge in [0.2, 0.25) is 0 Å². The number of ether oxygens (including phenoxy) is 4. The fourth-order valence-corrected chi connectivity index (χ4v) is 3.87. The van der Waals surface area contributed by atoms with E-state index in [0.717, 1.165) is 16.7 Å². The Labute approximate surface area is 190 Å². The molecule has 3 aromatic carbocycles. The van der Waals surface area contributed by atoms with Crippen LogP contribution in [0.25, 0.3) is 0 Å². The summed E-state index contributed by atoms with van der Waals surface area (Å²) in [6.07, 6.45) is 0.765. The highest BCUT2D eigenvalue weighted by Gasteiger charge is 2.45. The first-order valence-electron chi connectivity index (χ1n) is 11.0. The Morgan fingerprint density at radius 3 is 1.62 bits per heavy atom. The molecule has 0 unspecified atom stereocenters. The smallest absolute Gasteiger partial charge is 0.116 e. The third-order valence-electron chi connectivity index (χ3n) is 5.54. The van der Waals surface area contributed by atoms with Crippen LogP contribution >= 0.6 is 0 Å². The van der Waals surface area contributed by atoms with Crippen molar-refractivity contribution in [3.63, 3.8) is 0 Å². The van der Waals surface area contributed by atoms with Gasteiger partial charge in [-0.2, -0.15) is 0 Å². The highest BCUT2D eigenvalue weighted by molar-refractivity contribution is 5.15. The van der Waals surface area contributed by atoms with Gasteiger partial charge in [-0.15, -0.1) is 6.58 Å². The van der Waals surface area contributed by atoms with Crippen molar-refractivity contribution in [2.45, 2.75) is 44.2 Å². The molecule has 4 heteroatoms. The molecule has 0 saturated carbocycles. The molecule has 1 fully saturated rings. The lowest BCUT2D eigenvalue weighted by atomic mass is 10.1. The van der Waals surface area contributed by atoms with Crippen LogP contribution in [0, 0.1) is 0 Å². The van der Waals surface area contributed by atoms with Gasteiger partial charge in [0.05, 0.1) is 26.4 Å². The van der Waals surface area contributed by atoms with Gasteiger partial charge in [-0.1, -0.05) is 97.1 Å². The minimum absolute atomic E-state index is 0.244. The van der Waals surface area contributed by atoms with E-state index in [0.29, 0.717) is 26.4 Å². The van der Waals surface area contributed by atoms with Crippen LogP contribution < -0.4 is 0 Å². The van der Waals surface area contributed by atoms with E-state index in [9.17, 15) is 0 Å². The highest BCUT2D eigenvalue weighted by atomic mass is 16.6. The van der Waals surface area contributed by atoms with Gasteiger partial charge in [-0.05, 0) is 16.7 Å². The zero-order valence-electron chi connectivity index (χ0n) is 18.2. The Morgan fingerprint density at radius 2 is 1.12 bits per heavy atom. The summed E-state index contributed by atoms with van der Waals surface area (Å²) in [6.45, 7) is 5.88. The molecule has 0 spiro atoms. The summed E-state index contributed by atoms with van der Waals surface area (Å²) in [5.74, 6) is 0. The number of hydrogen-bond acceptors (Lipinski definition) is 4. The normalized spacial score (nSPS) is 22.6. The molecule has 4 atom stereocenters. The van der Waals surface area contributed by atoms with Crippen molar-refractivity contribution in [3.8, 4) is 0 Å². The van der Waals surface area contributed by atoms with E-state index in [1.165, 1.54) is 0 Å². The summed E-state index contributed by atoms with van der Waals surface area (Å²) in [4.78, 5) is 0. The van der Waals surface area contributed by atoms with Crippen molar-refractivity contribution in [3.05, 3.63) is 120 Å². The average Bonchev–Trinajstić information content (AvgIpc) is 3.19. The lowest BCUT2D eigenvalue weighted by Gasteiger charge is -2.24. The quantitative estimate of drug-likeness (QED) is 0.386. The van der Waals surface area contributed by atoms with Gasteiger partial charge in [-0.3, -0.25) is 0 Å². The van der Waals surface area contributed by atoms with Gasteiger partial charge in [-0.25, -0.2) is 0 Å². The maximum Gasteiger partial charge on any atom is 0.116 e. The van der Waals surface area contributed by atoms with Crippen LogP contribution in [0.3, 0.4) is 0 Å². The van der Waals surface area contributed by atoms with Crippen LogP contribution in [0.4, 0.5) is 0 Å². The molecule has 32 heavy (non-hydrogen) atoms. The predicted octanol–water partition coefficient (Wildman–Crippen LogP) is 5.33. The molecule has 0 amide bonds. The van der Waals surface area contributed by atoms with E-state index in [-0.39, 0.29) is 24.4 Å². The molecule has 166 valence electrons. The molecule has 0 N–H and O–H groups in total. The minimum Gasteiger partial charge on any atom is -0.374 e. The second kappa shape index (κ2) is 11.7. The molecule has 0 bridgehead atoms. The second-order valence-electron chi connectivity index (χ2n) is 7.90. The summed E-state index contributed by atoms with van der Waals surface area (Å²) in [5, 5.41) is 0. The zero-order valence-corrected chi connectivity index (χ0v) is 18.2. The van der Waals surface area contributed by atoms with Crippen molar-refractivity contribution in [2.24, 2.45) is 0 Å². The molecular formula is C28H30O4. The molecule has 1 saturated heterocycles. The SMILES string of the molecule is C=C[C@H]1O[C@@H](COCc2ccccc2)[C@@H](OCc2ccccc2)[C@@H]1OCc1ccccc1. The van der Waals surface area contributed by atoms with Gasteiger partial charge in [0.15, 0.2) is 0 Å². The fourth-order valence-electron chi connectivity index (χ4n) is 3.87. The first-order valence-corrected chi connectivity index (χ1v) is 11.0. The number of hydrogen-bond donors (Lipinski definition) is 0. The van der Waals surface area contributed by atoms with E-state index < -0.39 is 0 Å². The Morgan fingerprint density at radius 1 is 0.656 bits per heavy atom. The fraction of sp³-hybridized carbons (Fsp3) is 0.286. The van der Waals surface area contributed by atoms with Gasteiger partial charge < -0.3 is 18.9 Å². The standard InChI is InChI=1S/C28H30O4/c1-2-25-27(30-19-23-14-8-4-9-15-23)28(31-20-24-16-10-5-11-17-24)26(32-25)21-29-18-22-12-6-3-7-13-22/h2-17,25-28H,1,18-21H2/t25-,26+,27-,28-/m1/s1. The van der Waals surface area contributed by atoms with Crippen molar-refractivity contribution in [1.82, 2.24) is 0 Å². The molecule has 1 aliphatic heterocycles. The first-order chi connectivity index (χ1) is 15.8. The van der Waals surface area contributed by atoms with Crippen LogP contribution in [0.2, 0.25) is 0 Å². The van der Waals surface area contributed by atoms with Crippen molar-refractivity contribution >= 4 is 0 Å². The third kappa shape index (κ3) is 6.15. The minimum atomic E-state index is -0.266. The van der Waals surface area contributed by atoms with Crippen LogP contribution in [0.5, 0.6) is 0 Å². The summed E-state index contributed by atoms with van der Waals surface area (Å²) >= 11 is 0. The Bertz CT molecular complexity index is 929. The number of benzene rings is 3. The van der Waals surface area contributed by atoms with Crippen LogP contribution in [-0.2, 0) is 38.8 Å². The first kappa shape index (κ1) is 22.4. The van der Waals surface area contributed by atoms with Crippen LogP contribution in [0.1, 0.15) is 16.7 Å². The lowest BCUT2D eigenvalue weighted by molar-refractivity contribution is -0.0896. The van der Waals surface area contributed by atoms with E-state index in [1.54, 1.807) is 6.08 Å². The van der Waals surface area contributed by atoms with Gasteiger partial charge >= 0.3 is 0 Å². The number of rotatable bonds is 11. The second-order valence-corrected chi connectivity index (χ2v) is 7.90. The molecular weight excluding hydrogens is 400 g/mol. The highest BCUT2D eigenvalue weighted by Crippen LogP contribution is 2.29. The zero-order chi connectivity index (χ0) is 22.0. The summed E-state index contributed by atoms with van der Waals surface area (Å²) in [7, 11) is 0. The summed E-state index contributed by atoms with van der Waals surface area (Å²) in [5.41, 5.74) is 3.35. The van der Waals surface area contributed by atoms with E-state index in [4.69, 9.17) is 18.9 Å². The summed E-state index contributed by atoms with van der Waals surface area (Å²) < 4.78 is 24.9. The van der Waals surface area contributed by atoms with E-state index in [1.807, 2.05) is 54.6 Å². The molecule has 0 aliphatic carbocycles. The Kier molecular flexibility index (Phi) is 8.23. The van der Waals surface area contributed by atoms with E-state index >= 15 is 0 Å². The van der Waals surface area contributed by atoms with Crippen LogP contribution in [-0.4, -0.2) is 31.0 Å². The molecule has 1 aliphatic rings. The molecule has 1 heterocycles. The van der Waals surface area contributed by atoms with Crippen molar-refractivity contribution in [2.75, 3.05) is 6.61 Å². The van der Waals surface area contributed by atoms with E-state index in [2.05, 4.69) is 43.0 Å². The third-order valence-corrected chi connectivity index (χ3v) is 5.54. The predicted molar refractivity (Wildman–Crippen MR) is 125 cm³/mol. The van der Waals surface area contributed by atoms with Crippen LogP contribution in [0.15, 0.2) is 104 Å².